The molecule has 8 heteroatoms. The first-order valence-corrected chi connectivity index (χ1v) is 11.1. The molecule has 0 aliphatic rings. The van der Waals surface area contributed by atoms with Crippen LogP contribution in [0.4, 0.5) is 11.4 Å². The van der Waals surface area contributed by atoms with E-state index in [1.165, 1.54) is 12.1 Å². The molecule has 0 aliphatic carbocycles. The number of carbonyl (C=O) groups excluding carboxylic acids is 2. The molecule has 0 aromatic heterocycles. The van der Waals surface area contributed by atoms with Crippen molar-refractivity contribution in [1.82, 2.24) is 0 Å². The molecule has 2 amide bonds. The molecule has 0 spiro atoms. The summed E-state index contributed by atoms with van der Waals surface area (Å²) in [6.45, 7) is 4.10. The Labute approximate surface area is 202 Å². The fourth-order valence-corrected chi connectivity index (χ4v) is 3.51. The molecule has 0 heterocycles. The summed E-state index contributed by atoms with van der Waals surface area (Å²) >= 11 is 11.9. The zero-order valence-electron chi connectivity index (χ0n) is 18.1. The van der Waals surface area contributed by atoms with E-state index < -0.39 is 0 Å². The number of halogens is 2. The highest BCUT2D eigenvalue weighted by molar-refractivity contribution is 6.35. The maximum Gasteiger partial charge on any atom is 0.255 e. The van der Waals surface area contributed by atoms with Gasteiger partial charge in [0.1, 0.15) is 0 Å². The predicted octanol–water partition coefficient (Wildman–Crippen LogP) is 6.05. The summed E-state index contributed by atoms with van der Waals surface area (Å²) in [6, 6.07) is 18.7. The van der Waals surface area contributed by atoms with Crippen molar-refractivity contribution in [2.75, 3.05) is 30.5 Å². The fraction of sp³-hybridized carbons (Fsp3) is 0.200. The third-order valence-corrected chi connectivity index (χ3v) is 5.00. The molecule has 6 nitrogen and oxygen atoms in total. The van der Waals surface area contributed by atoms with Crippen LogP contribution < -0.4 is 10.6 Å². The Hall–Kier alpha value is -2.90. The molecule has 0 atom stereocenters. The van der Waals surface area contributed by atoms with Crippen LogP contribution in [0.2, 0.25) is 10.0 Å². The van der Waals surface area contributed by atoms with Crippen molar-refractivity contribution in [2.24, 2.45) is 0 Å². The second-order valence-corrected chi connectivity index (χ2v) is 7.97. The number of hydrogen-bond donors (Lipinski definition) is 2. The van der Waals surface area contributed by atoms with Crippen LogP contribution in [0, 0.1) is 0 Å². The second-order valence-electron chi connectivity index (χ2n) is 7.09. The van der Waals surface area contributed by atoms with Gasteiger partial charge in [0.15, 0.2) is 0 Å². The fourth-order valence-electron chi connectivity index (χ4n) is 2.99. The number of anilines is 2. The molecule has 0 aliphatic heterocycles. The lowest BCUT2D eigenvalue weighted by Gasteiger charge is -2.10. The Morgan fingerprint density at radius 2 is 1.39 bits per heavy atom. The van der Waals surface area contributed by atoms with Gasteiger partial charge >= 0.3 is 0 Å². The maximum absolute atomic E-state index is 12.6. The summed E-state index contributed by atoms with van der Waals surface area (Å²) in [5.74, 6) is -0.610. The van der Waals surface area contributed by atoms with E-state index in [-0.39, 0.29) is 11.8 Å². The predicted molar refractivity (Wildman–Crippen MR) is 131 cm³/mol. The van der Waals surface area contributed by atoms with Crippen LogP contribution in [0.25, 0.3) is 0 Å². The molecule has 0 radical (unpaired) electrons. The van der Waals surface area contributed by atoms with E-state index in [2.05, 4.69) is 10.6 Å². The minimum absolute atomic E-state index is 0.260. The van der Waals surface area contributed by atoms with Gasteiger partial charge in [-0.1, -0.05) is 35.3 Å². The van der Waals surface area contributed by atoms with Crippen molar-refractivity contribution in [2.45, 2.75) is 13.5 Å². The van der Waals surface area contributed by atoms with Crippen molar-refractivity contribution < 1.29 is 19.1 Å². The average Bonchev–Trinajstić information content (AvgIpc) is 2.79. The maximum atomic E-state index is 12.6. The van der Waals surface area contributed by atoms with Crippen LogP contribution in [0.5, 0.6) is 0 Å². The highest BCUT2D eigenvalue weighted by Gasteiger charge is 2.10. The topological polar surface area (TPSA) is 76.7 Å². The molecule has 3 aromatic carbocycles. The largest absolute Gasteiger partial charge is 0.379 e. The number of ether oxygens (including phenoxy) is 2. The summed E-state index contributed by atoms with van der Waals surface area (Å²) in [5, 5.41) is 6.38. The first-order valence-electron chi connectivity index (χ1n) is 10.4. The molecule has 33 heavy (non-hydrogen) atoms. The van der Waals surface area contributed by atoms with Crippen LogP contribution in [-0.4, -0.2) is 31.6 Å². The highest BCUT2D eigenvalue weighted by Crippen LogP contribution is 2.20. The van der Waals surface area contributed by atoms with Gasteiger partial charge in [-0.25, -0.2) is 0 Å². The van der Waals surface area contributed by atoms with Gasteiger partial charge in [0, 0.05) is 39.2 Å². The van der Waals surface area contributed by atoms with E-state index in [1.807, 2.05) is 31.2 Å². The van der Waals surface area contributed by atoms with Crippen LogP contribution in [0.3, 0.4) is 0 Å². The molecule has 2 N–H and O–H groups in total. The summed E-state index contributed by atoms with van der Waals surface area (Å²) in [6.07, 6.45) is 0. The van der Waals surface area contributed by atoms with Gasteiger partial charge in [-0.15, -0.1) is 0 Å². The van der Waals surface area contributed by atoms with Crippen molar-refractivity contribution >= 4 is 46.4 Å². The summed E-state index contributed by atoms with van der Waals surface area (Å²) in [5.41, 5.74) is 2.96. The summed E-state index contributed by atoms with van der Waals surface area (Å²) in [7, 11) is 0. The van der Waals surface area contributed by atoms with Crippen molar-refractivity contribution in [3.8, 4) is 0 Å². The van der Waals surface area contributed by atoms with Crippen molar-refractivity contribution in [3.05, 3.63) is 93.5 Å². The lowest BCUT2D eigenvalue weighted by molar-refractivity contribution is 0.0453. The molecular formula is C25H24Cl2N2O4. The van der Waals surface area contributed by atoms with E-state index >= 15 is 0 Å². The number of nitrogens with one attached hydrogen (secondary N) is 2. The zero-order chi connectivity index (χ0) is 23.6. The van der Waals surface area contributed by atoms with Crippen molar-refractivity contribution in [1.29, 1.82) is 0 Å². The lowest BCUT2D eigenvalue weighted by Crippen LogP contribution is -2.14. The van der Waals surface area contributed by atoms with Crippen LogP contribution in [0.15, 0.2) is 66.7 Å². The smallest absolute Gasteiger partial charge is 0.255 e. The molecule has 172 valence electrons. The quantitative estimate of drug-likeness (QED) is 0.342. The van der Waals surface area contributed by atoms with E-state index in [4.69, 9.17) is 32.7 Å². The number of hydrogen-bond acceptors (Lipinski definition) is 4. The molecule has 0 unspecified atom stereocenters. The lowest BCUT2D eigenvalue weighted by atomic mass is 10.1. The SMILES string of the molecule is CCOCCOCc1cccc(NC(=O)c2ccc(NC(=O)c3cc(Cl)cc(Cl)c3)cc2)c1. The normalized spacial score (nSPS) is 10.6. The van der Waals surface area contributed by atoms with Gasteiger partial charge in [0.25, 0.3) is 11.8 Å². The zero-order valence-corrected chi connectivity index (χ0v) is 19.6. The molecule has 0 saturated heterocycles. The Morgan fingerprint density at radius 1 is 0.758 bits per heavy atom. The Bertz CT molecular complexity index is 1080. The van der Waals surface area contributed by atoms with Gasteiger partial charge in [0.05, 0.1) is 19.8 Å². The number of benzene rings is 3. The van der Waals surface area contributed by atoms with E-state index in [1.54, 1.807) is 30.3 Å². The molecular weight excluding hydrogens is 463 g/mol. The Kier molecular flexibility index (Phi) is 9.27. The molecule has 0 bridgehead atoms. The standard InChI is InChI=1S/C25H24Cl2N2O4/c1-2-32-10-11-33-16-17-4-3-5-23(12-17)29-24(30)18-6-8-22(9-7-18)28-25(31)19-13-20(26)15-21(27)14-19/h3-9,12-15H,2,10-11,16H2,1H3,(H,28,31)(H,29,30). The van der Waals surface area contributed by atoms with Crippen LogP contribution in [-0.2, 0) is 16.1 Å². The van der Waals surface area contributed by atoms with Crippen molar-refractivity contribution in [3.63, 3.8) is 0 Å². The van der Waals surface area contributed by atoms with E-state index in [0.717, 1.165) is 5.56 Å². The third-order valence-electron chi connectivity index (χ3n) is 4.56. The Balaban J connectivity index is 1.56. The molecule has 3 rings (SSSR count). The van der Waals surface area contributed by atoms with Gasteiger partial charge < -0.3 is 20.1 Å². The Morgan fingerprint density at radius 3 is 2.09 bits per heavy atom. The average molecular weight is 487 g/mol. The minimum atomic E-state index is -0.350. The molecule has 3 aromatic rings. The minimum Gasteiger partial charge on any atom is -0.379 e. The van der Waals surface area contributed by atoms with E-state index in [9.17, 15) is 9.59 Å². The van der Waals surface area contributed by atoms with Gasteiger partial charge in [-0.05, 0) is 67.1 Å². The third kappa shape index (κ3) is 7.87. The summed E-state index contributed by atoms with van der Waals surface area (Å²) < 4.78 is 10.8. The van der Waals surface area contributed by atoms with Gasteiger partial charge in [-0.2, -0.15) is 0 Å². The number of carbonyl (C=O) groups is 2. The monoisotopic (exact) mass is 486 g/mol. The summed E-state index contributed by atoms with van der Waals surface area (Å²) in [4.78, 5) is 25.0. The van der Waals surface area contributed by atoms with Crippen LogP contribution in [0.1, 0.15) is 33.2 Å². The second kappa shape index (κ2) is 12.4. The first kappa shape index (κ1) is 24.7. The number of rotatable bonds is 10. The van der Waals surface area contributed by atoms with Gasteiger partial charge in [0.2, 0.25) is 0 Å². The highest BCUT2D eigenvalue weighted by atomic mass is 35.5. The molecule has 0 fully saturated rings. The first-order chi connectivity index (χ1) is 15.9. The number of amides is 2. The van der Waals surface area contributed by atoms with Crippen LogP contribution >= 0.6 is 23.2 Å². The van der Waals surface area contributed by atoms with E-state index in [0.29, 0.717) is 59.0 Å². The molecule has 0 saturated carbocycles. The van der Waals surface area contributed by atoms with Gasteiger partial charge in [-0.3, -0.25) is 9.59 Å².